The van der Waals surface area contributed by atoms with Crippen LogP contribution in [0.5, 0.6) is 0 Å². The maximum Gasteiger partial charge on any atom is 0.286 e. The number of hydrogen-bond acceptors (Lipinski definition) is 4. The third-order valence-electron chi connectivity index (χ3n) is 5.17. The normalized spacial score (nSPS) is 12.6. The number of alkyl halides is 2. The van der Waals surface area contributed by atoms with Crippen molar-refractivity contribution in [3.8, 4) is 11.1 Å². The molecular weight excluding hydrogens is 512 g/mol. The molecule has 12 heteroatoms. The van der Waals surface area contributed by atoms with Gasteiger partial charge in [-0.15, -0.1) is 24.8 Å². The molecule has 0 radical (unpaired) electrons. The molecule has 1 aromatic carbocycles. The fraction of sp³-hybridized carbons (Fsp3) is 0.318. The lowest BCUT2D eigenvalue weighted by molar-refractivity contribution is 0.0131. The van der Waals surface area contributed by atoms with Crippen LogP contribution in [0.25, 0.3) is 22.2 Å². The Hall–Kier alpha value is -2.11. The number of halogens is 5. The van der Waals surface area contributed by atoms with Crippen LogP contribution in [-0.4, -0.2) is 42.9 Å². The molecule has 0 spiro atoms. The molecule has 0 atom stereocenters. The Bertz CT molecular complexity index is 1300. The maximum atomic E-state index is 14.3. The molecule has 188 valence electrons. The van der Waals surface area contributed by atoms with Gasteiger partial charge in [0.2, 0.25) is 10.0 Å². The zero-order valence-electron chi connectivity index (χ0n) is 19.0. The number of nitrogens with two attached hydrogens (primary N) is 1. The fourth-order valence-corrected chi connectivity index (χ4v) is 4.45. The van der Waals surface area contributed by atoms with Crippen molar-refractivity contribution in [3.63, 3.8) is 0 Å². The molecule has 0 unspecified atom stereocenters. The molecule has 2 heterocycles. The van der Waals surface area contributed by atoms with Crippen LogP contribution in [-0.2, 0) is 22.5 Å². The summed E-state index contributed by atoms with van der Waals surface area (Å²) >= 11 is 0. The number of fused-ring (bicyclic) bond motifs is 1. The molecule has 0 fully saturated rings. The third kappa shape index (κ3) is 5.75. The quantitative estimate of drug-likeness (QED) is 0.457. The van der Waals surface area contributed by atoms with Crippen molar-refractivity contribution < 1.29 is 21.6 Å². The SMILES string of the molecule is Cc1c(-c2cccc(S(=O)(=O)N(C)C)c2)c2nc(C(C)(F)F)ccc2n1C/C(F)=C/CN.Cl.Cl. The van der Waals surface area contributed by atoms with Crippen LogP contribution in [0.3, 0.4) is 0 Å². The van der Waals surface area contributed by atoms with Gasteiger partial charge in [0, 0.05) is 38.8 Å². The molecule has 0 bridgehead atoms. The second-order valence-electron chi connectivity index (χ2n) is 7.70. The maximum absolute atomic E-state index is 14.3. The first-order chi connectivity index (χ1) is 14.9. The van der Waals surface area contributed by atoms with Gasteiger partial charge in [-0.1, -0.05) is 12.1 Å². The highest BCUT2D eigenvalue weighted by Crippen LogP contribution is 2.37. The van der Waals surface area contributed by atoms with Crippen LogP contribution in [0, 0.1) is 6.92 Å². The van der Waals surface area contributed by atoms with Crippen LogP contribution < -0.4 is 5.73 Å². The Morgan fingerprint density at radius 2 is 1.85 bits per heavy atom. The van der Waals surface area contributed by atoms with Gasteiger partial charge in [0.05, 0.1) is 22.5 Å². The van der Waals surface area contributed by atoms with Gasteiger partial charge in [0.1, 0.15) is 11.5 Å². The molecular formula is C22H27Cl2F3N4O2S. The number of allylic oxidation sites excluding steroid dienone is 1. The summed E-state index contributed by atoms with van der Waals surface area (Å²) in [7, 11) is -0.882. The Kier molecular flexibility index (Phi) is 9.76. The summed E-state index contributed by atoms with van der Waals surface area (Å²) in [6, 6.07) is 8.84. The van der Waals surface area contributed by atoms with Crippen molar-refractivity contribution in [2.45, 2.75) is 31.2 Å². The van der Waals surface area contributed by atoms with Gasteiger partial charge in [0.15, 0.2) is 0 Å². The summed E-state index contributed by atoms with van der Waals surface area (Å²) in [5.41, 5.74) is 7.15. The highest BCUT2D eigenvalue weighted by atomic mass is 35.5. The highest BCUT2D eigenvalue weighted by Gasteiger charge is 2.28. The molecule has 6 nitrogen and oxygen atoms in total. The summed E-state index contributed by atoms with van der Waals surface area (Å²) in [5, 5.41) is 0. The van der Waals surface area contributed by atoms with Crippen LogP contribution >= 0.6 is 24.8 Å². The van der Waals surface area contributed by atoms with Gasteiger partial charge < -0.3 is 10.3 Å². The van der Waals surface area contributed by atoms with E-state index in [4.69, 9.17) is 5.73 Å². The van der Waals surface area contributed by atoms with E-state index in [2.05, 4.69) is 4.98 Å². The number of rotatable bonds is 7. The van der Waals surface area contributed by atoms with Crippen LogP contribution in [0.4, 0.5) is 13.2 Å². The predicted octanol–water partition coefficient (Wildman–Crippen LogP) is 5.03. The van der Waals surface area contributed by atoms with E-state index in [0.717, 1.165) is 11.2 Å². The van der Waals surface area contributed by atoms with E-state index in [1.54, 1.807) is 23.6 Å². The van der Waals surface area contributed by atoms with E-state index >= 15 is 0 Å². The first-order valence-electron chi connectivity index (χ1n) is 9.83. The van der Waals surface area contributed by atoms with E-state index in [1.807, 2.05) is 0 Å². The Balaban J connectivity index is 0.00000289. The lowest BCUT2D eigenvalue weighted by Crippen LogP contribution is -2.22. The van der Waals surface area contributed by atoms with Gasteiger partial charge in [-0.25, -0.2) is 22.1 Å². The number of hydrogen-bond donors (Lipinski definition) is 1. The number of nitrogens with zero attached hydrogens (tertiary/aromatic N) is 3. The van der Waals surface area contributed by atoms with Gasteiger partial charge in [-0.05, 0) is 42.8 Å². The first kappa shape index (κ1) is 29.9. The molecule has 3 rings (SSSR count). The number of aromatic nitrogens is 2. The van der Waals surface area contributed by atoms with E-state index in [9.17, 15) is 21.6 Å². The van der Waals surface area contributed by atoms with Gasteiger partial charge >= 0.3 is 0 Å². The van der Waals surface area contributed by atoms with Crippen LogP contribution in [0.15, 0.2) is 53.2 Å². The molecule has 0 aliphatic carbocycles. The minimum Gasteiger partial charge on any atom is -0.336 e. The lowest BCUT2D eigenvalue weighted by Gasteiger charge is -2.13. The molecule has 0 amide bonds. The average Bonchev–Trinajstić information content (AvgIpc) is 2.98. The summed E-state index contributed by atoms with van der Waals surface area (Å²) in [5.74, 6) is -3.66. The van der Waals surface area contributed by atoms with E-state index in [1.165, 1.54) is 44.4 Å². The zero-order valence-corrected chi connectivity index (χ0v) is 21.5. The van der Waals surface area contributed by atoms with Crippen LogP contribution in [0.1, 0.15) is 18.3 Å². The fourth-order valence-electron chi connectivity index (χ4n) is 3.50. The molecule has 34 heavy (non-hydrogen) atoms. The highest BCUT2D eigenvalue weighted by molar-refractivity contribution is 7.89. The van der Waals surface area contributed by atoms with Crippen molar-refractivity contribution in [1.82, 2.24) is 13.9 Å². The number of pyridine rings is 1. The summed E-state index contributed by atoms with van der Waals surface area (Å²) in [6.07, 6.45) is 1.23. The molecule has 2 N–H and O–H groups in total. The second-order valence-corrected chi connectivity index (χ2v) is 9.85. The topological polar surface area (TPSA) is 81.2 Å². The average molecular weight is 539 g/mol. The minimum absolute atomic E-state index is 0. The van der Waals surface area contributed by atoms with Crippen LogP contribution in [0.2, 0.25) is 0 Å². The van der Waals surface area contributed by atoms with Gasteiger partial charge in [-0.3, -0.25) is 0 Å². The minimum atomic E-state index is -3.72. The number of benzene rings is 1. The smallest absolute Gasteiger partial charge is 0.286 e. The second kappa shape index (κ2) is 11.1. The molecule has 0 saturated carbocycles. The summed E-state index contributed by atoms with van der Waals surface area (Å²) < 4.78 is 70.3. The Morgan fingerprint density at radius 3 is 2.41 bits per heavy atom. The molecule has 2 aromatic heterocycles. The van der Waals surface area contributed by atoms with Crippen molar-refractivity contribution >= 4 is 45.9 Å². The number of sulfonamides is 1. The standard InChI is InChI=1S/C22H25F3N4O2S.2ClH/c1-14-20(15-6-5-7-17(12-15)32(30,31)28(3)4)21-18(29(14)13-16(23)10-11-26)8-9-19(27-21)22(2,24)25;;/h5-10,12H,11,13,26H2,1-4H3;2*1H/b16-10-;;. The Morgan fingerprint density at radius 1 is 1.21 bits per heavy atom. The van der Waals surface area contributed by atoms with Gasteiger partial charge in [-0.2, -0.15) is 8.78 Å². The monoisotopic (exact) mass is 538 g/mol. The Labute approximate surface area is 209 Å². The summed E-state index contributed by atoms with van der Waals surface area (Å²) in [4.78, 5) is 4.23. The van der Waals surface area contributed by atoms with E-state index < -0.39 is 27.5 Å². The molecule has 3 aromatic rings. The first-order valence-corrected chi connectivity index (χ1v) is 11.3. The van der Waals surface area contributed by atoms with Crippen molar-refractivity contribution in [1.29, 1.82) is 0 Å². The van der Waals surface area contributed by atoms with E-state index in [0.29, 0.717) is 22.3 Å². The van der Waals surface area contributed by atoms with E-state index in [-0.39, 0.29) is 48.3 Å². The lowest BCUT2D eigenvalue weighted by atomic mass is 10.0. The molecule has 0 aliphatic heterocycles. The van der Waals surface area contributed by atoms with Crippen molar-refractivity contribution in [2.24, 2.45) is 5.73 Å². The van der Waals surface area contributed by atoms with Crippen molar-refractivity contribution in [3.05, 3.63) is 59.7 Å². The predicted molar refractivity (Wildman–Crippen MR) is 133 cm³/mol. The largest absolute Gasteiger partial charge is 0.336 e. The van der Waals surface area contributed by atoms with Gasteiger partial charge in [0.25, 0.3) is 5.92 Å². The summed E-state index contributed by atoms with van der Waals surface area (Å²) in [6.45, 7) is 2.33. The van der Waals surface area contributed by atoms with Crippen molar-refractivity contribution in [2.75, 3.05) is 20.6 Å². The molecule has 0 aliphatic rings. The molecule has 0 saturated heterocycles. The third-order valence-corrected chi connectivity index (χ3v) is 6.98. The zero-order chi connectivity index (χ0) is 23.8.